The molecule has 1 aromatic heterocycles. The number of rotatable bonds is 5. The molecular formula is C8H12ClN3O3S2. The molecule has 0 spiro atoms. The van der Waals surface area contributed by atoms with Gasteiger partial charge in [-0.3, -0.25) is 0 Å². The lowest BCUT2D eigenvalue weighted by Crippen LogP contribution is -2.27. The number of hydrogen-bond donors (Lipinski definition) is 3. The summed E-state index contributed by atoms with van der Waals surface area (Å²) in [6.45, 7) is 1.79. The maximum atomic E-state index is 11.8. The van der Waals surface area contributed by atoms with Crippen molar-refractivity contribution in [3.63, 3.8) is 0 Å². The quantitative estimate of drug-likeness (QED) is 0.328. The molecule has 0 saturated carbocycles. The number of thiophene rings is 1. The molecule has 0 saturated heterocycles. The molecule has 0 aliphatic rings. The largest absolute Gasteiger partial charge is 0.409 e. The fourth-order valence-electron chi connectivity index (χ4n) is 0.999. The Balaban J connectivity index is 2.70. The molecule has 1 heterocycles. The van der Waals surface area contributed by atoms with Gasteiger partial charge in [0, 0.05) is 13.0 Å². The molecule has 0 radical (unpaired) electrons. The predicted molar refractivity (Wildman–Crippen MR) is 67.3 cm³/mol. The Kier molecular flexibility index (Phi) is 4.75. The third kappa shape index (κ3) is 3.84. The average Bonchev–Trinajstić information content (AvgIpc) is 2.59. The van der Waals surface area contributed by atoms with E-state index in [2.05, 4.69) is 9.88 Å². The SMILES string of the molecule is Cc1cc(S(=O)(=O)NCC/C(N)=N/O)sc1Cl. The van der Waals surface area contributed by atoms with Crippen LogP contribution >= 0.6 is 22.9 Å². The van der Waals surface area contributed by atoms with E-state index in [9.17, 15) is 8.42 Å². The summed E-state index contributed by atoms with van der Waals surface area (Å²) in [6.07, 6.45) is 0.133. The molecular weight excluding hydrogens is 286 g/mol. The first-order valence-electron chi connectivity index (χ1n) is 4.59. The molecule has 96 valence electrons. The Morgan fingerprint density at radius 2 is 2.35 bits per heavy atom. The van der Waals surface area contributed by atoms with Crippen molar-refractivity contribution in [1.29, 1.82) is 0 Å². The van der Waals surface area contributed by atoms with Gasteiger partial charge in [0.15, 0.2) is 0 Å². The van der Waals surface area contributed by atoms with Crippen LogP contribution in [0.4, 0.5) is 0 Å². The normalized spacial score (nSPS) is 12.9. The van der Waals surface area contributed by atoms with Gasteiger partial charge in [-0.05, 0) is 18.6 Å². The van der Waals surface area contributed by atoms with E-state index in [0.717, 1.165) is 11.3 Å². The minimum Gasteiger partial charge on any atom is -0.409 e. The van der Waals surface area contributed by atoms with E-state index < -0.39 is 10.0 Å². The van der Waals surface area contributed by atoms with E-state index in [4.69, 9.17) is 22.5 Å². The minimum absolute atomic E-state index is 0.0342. The average molecular weight is 298 g/mol. The molecule has 17 heavy (non-hydrogen) atoms. The summed E-state index contributed by atoms with van der Waals surface area (Å²) < 4.78 is 26.5. The molecule has 1 rings (SSSR count). The van der Waals surface area contributed by atoms with E-state index in [0.29, 0.717) is 9.90 Å². The molecule has 0 aromatic carbocycles. The lowest BCUT2D eigenvalue weighted by atomic mass is 10.4. The summed E-state index contributed by atoms with van der Waals surface area (Å²) in [7, 11) is -3.57. The number of nitrogens with zero attached hydrogens (tertiary/aromatic N) is 1. The number of nitrogens with one attached hydrogen (secondary N) is 1. The zero-order valence-corrected chi connectivity index (χ0v) is 11.4. The lowest BCUT2D eigenvalue weighted by molar-refractivity contribution is 0.317. The van der Waals surface area contributed by atoms with Crippen molar-refractivity contribution in [2.45, 2.75) is 17.6 Å². The Hall–Kier alpha value is -0.830. The molecule has 0 fully saturated rings. The van der Waals surface area contributed by atoms with Crippen molar-refractivity contribution in [1.82, 2.24) is 4.72 Å². The van der Waals surface area contributed by atoms with Crippen LogP contribution in [-0.2, 0) is 10.0 Å². The van der Waals surface area contributed by atoms with Crippen molar-refractivity contribution in [3.05, 3.63) is 16.0 Å². The van der Waals surface area contributed by atoms with E-state index in [-0.39, 0.29) is 23.0 Å². The highest BCUT2D eigenvalue weighted by Gasteiger charge is 2.17. The van der Waals surface area contributed by atoms with Gasteiger partial charge in [-0.2, -0.15) is 0 Å². The first-order chi connectivity index (χ1) is 7.86. The van der Waals surface area contributed by atoms with Crippen molar-refractivity contribution >= 4 is 38.8 Å². The van der Waals surface area contributed by atoms with Crippen molar-refractivity contribution < 1.29 is 13.6 Å². The Morgan fingerprint density at radius 3 is 2.82 bits per heavy atom. The molecule has 0 aliphatic heterocycles. The van der Waals surface area contributed by atoms with Crippen LogP contribution in [0, 0.1) is 6.92 Å². The number of amidine groups is 1. The number of aryl methyl sites for hydroxylation is 1. The van der Waals surface area contributed by atoms with Crippen molar-refractivity contribution in [2.75, 3.05) is 6.54 Å². The van der Waals surface area contributed by atoms with Crippen LogP contribution in [0.5, 0.6) is 0 Å². The lowest BCUT2D eigenvalue weighted by Gasteiger charge is -2.03. The topological polar surface area (TPSA) is 105 Å². The van der Waals surface area contributed by atoms with Gasteiger partial charge < -0.3 is 10.9 Å². The van der Waals surface area contributed by atoms with E-state index in [1.807, 2.05) is 0 Å². The van der Waals surface area contributed by atoms with Gasteiger partial charge in [-0.1, -0.05) is 16.8 Å². The van der Waals surface area contributed by atoms with Crippen LogP contribution in [0.3, 0.4) is 0 Å². The van der Waals surface area contributed by atoms with Gasteiger partial charge in [-0.25, -0.2) is 13.1 Å². The van der Waals surface area contributed by atoms with Crippen LogP contribution in [0.15, 0.2) is 15.4 Å². The Morgan fingerprint density at radius 1 is 1.71 bits per heavy atom. The number of halogens is 1. The fraction of sp³-hybridized carbons (Fsp3) is 0.375. The summed E-state index contributed by atoms with van der Waals surface area (Å²) >= 11 is 6.79. The smallest absolute Gasteiger partial charge is 0.250 e. The summed E-state index contributed by atoms with van der Waals surface area (Å²) in [5, 5.41) is 11.0. The fourth-order valence-corrected chi connectivity index (χ4v) is 3.78. The van der Waals surface area contributed by atoms with Gasteiger partial charge in [0.25, 0.3) is 0 Å². The highest BCUT2D eigenvalue weighted by Crippen LogP contribution is 2.29. The van der Waals surface area contributed by atoms with Gasteiger partial charge in [0.05, 0.1) is 4.34 Å². The van der Waals surface area contributed by atoms with E-state index in [1.54, 1.807) is 6.92 Å². The minimum atomic E-state index is -3.57. The van der Waals surface area contributed by atoms with Crippen LogP contribution in [0.1, 0.15) is 12.0 Å². The van der Waals surface area contributed by atoms with Crippen LogP contribution in [-0.4, -0.2) is 26.0 Å². The molecule has 1 aromatic rings. The zero-order valence-electron chi connectivity index (χ0n) is 8.97. The van der Waals surface area contributed by atoms with E-state index >= 15 is 0 Å². The zero-order chi connectivity index (χ0) is 13.1. The van der Waals surface area contributed by atoms with Crippen LogP contribution in [0.2, 0.25) is 4.34 Å². The van der Waals surface area contributed by atoms with Gasteiger partial charge in [0.1, 0.15) is 10.0 Å². The standard InChI is InChI=1S/C8H12ClN3O3S2/c1-5-4-7(16-8(5)9)17(14,15)11-3-2-6(10)12-13/h4,11,13H,2-3H2,1H3,(H2,10,12). The third-order valence-electron chi connectivity index (χ3n) is 1.90. The second kappa shape index (κ2) is 5.67. The number of oxime groups is 1. The summed E-state index contributed by atoms with van der Waals surface area (Å²) in [6, 6.07) is 1.50. The molecule has 6 nitrogen and oxygen atoms in total. The Bertz CT molecular complexity index is 505. The Labute approximate surface area is 108 Å². The van der Waals surface area contributed by atoms with Crippen LogP contribution in [0.25, 0.3) is 0 Å². The first kappa shape index (κ1) is 14.2. The molecule has 0 amide bonds. The molecule has 9 heteroatoms. The summed E-state index contributed by atoms with van der Waals surface area (Å²) in [4.78, 5) is 0. The maximum Gasteiger partial charge on any atom is 0.250 e. The molecule has 0 unspecified atom stereocenters. The second-order valence-corrected chi connectivity index (χ2v) is 6.91. The van der Waals surface area contributed by atoms with Gasteiger partial charge in [0.2, 0.25) is 10.0 Å². The van der Waals surface area contributed by atoms with Crippen molar-refractivity contribution in [2.24, 2.45) is 10.9 Å². The monoisotopic (exact) mass is 297 g/mol. The molecule has 0 aliphatic carbocycles. The van der Waals surface area contributed by atoms with Crippen LogP contribution < -0.4 is 10.5 Å². The number of nitrogens with two attached hydrogens (primary N) is 1. The van der Waals surface area contributed by atoms with Crippen molar-refractivity contribution in [3.8, 4) is 0 Å². The molecule has 0 atom stereocenters. The van der Waals surface area contributed by atoms with E-state index in [1.165, 1.54) is 6.07 Å². The summed E-state index contributed by atoms with van der Waals surface area (Å²) in [5.74, 6) is -0.0342. The van der Waals surface area contributed by atoms with Gasteiger partial charge >= 0.3 is 0 Å². The number of hydrogen-bond acceptors (Lipinski definition) is 5. The number of sulfonamides is 1. The summed E-state index contributed by atoms with van der Waals surface area (Å²) in [5.41, 5.74) is 5.93. The second-order valence-electron chi connectivity index (χ2n) is 3.26. The highest BCUT2D eigenvalue weighted by atomic mass is 35.5. The van der Waals surface area contributed by atoms with Gasteiger partial charge in [-0.15, -0.1) is 11.3 Å². The predicted octanol–water partition coefficient (Wildman–Crippen LogP) is 1.12. The molecule has 0 bridgehead atoms. The highest BCUT2D eigenvalue weighted by molar-refractivity contribution is 7.91. The first-order valence-corrected chi connectivity index (χ1v) is 7.26. The molecule has 4 N–H and O–H groups in total. The third-order valence-corrected chi connectivity index (χ3v) is 5.39. The maximum absolute atomic E-state index is 11.8.